The lowest BCUT2D eigenvalue weighted by molar-refractivity contribution is 0.0518. The van der Waals surface area contributed by atoms with Crippen LogP contribution in [0.25, 0.3) is 10.9 Å². The molecule has 2 aliphatic rings. The summed E-state index contributed by atoms with van der Waals surface area (Å²) in [6.45, 7) is 6.89. The molecule has 26 heavy (non-hydrogen) atoms. The fraction of sp³-hybridized carbons (Fsp3) is 0.444. The predicted molar refractivity (Wildman–Crippen MR) is 99.8 cm³/mol. The van der Waals surface area contributed by atoms with Crippen molar-refractivity contribution in [3.05, 3.63) is 33.7 Å². The van der Waals surface area contributed by atoms with Gasteiger partial charge in [-0.25, -0.2) is 9.18 Å². The van der Waals surface area contributed by atoms with Gasteiger partial charge in [-0.3, -0.25) is 4.79 Å². The Balaban J connectivity index is 1.93. The maximum atomic E-state index is 14.8. The molecule has 8 heteroatoms. The van der Waals surface area contributed by atoms with Crippen LogP contribution in [0.4, 0.5) is 10.1 Å². The normalized spacial score (nSPS) is 19.2. The first-order chi connectivity index (χ1) is 12.5. The van der Waals surface area contributed by atoms with Gasteiger partial charge in [0.1, 0.15) is 11.4 Å². The van der Waals surface area contributed by atoms with E-state index in [4.69, 9.17) is 4.74 Å². The van der Waals surface area contributed by atoms with Gasteiger partial charge in [0.25, 0.3) is 0 Å². The fourth-order valence-electron chi connectivity index (χ4n) is 3.57. The zero-order valence-corrected chi connectivity index (χ0v) is 15.5. The van der Waals surface area contributed by atoms with E-state index in [2.05, 4.69) is 5.32 Å². The highest BCUT2D eigenvalue weighted by Crippen LogP contribution is 2.46. The summed E-state index contributed by atoms with van der Waals surface area (Å²) >= 11 is 1.45. The molecular weight excluding hydrogens is 357 g/mol. The van der Waals surface area contributed by atoms with E-state index in [-0.39, 0.29) is 22.9 Å². The number of hydrogen-bond donors (Lipinski definition) is 1. The number of esters is 1. The number of hydrogen-bond acceptors (Lipinski definition) is 6. The lowest BCUT2D eigenvalue weighted by atomic mass is 10.1. The first-order valence-corrected chi connectivity index (χ1v) is 9.62. The average molecular weight is 377 g/mol. The van der Waals surface area contributed by atoms with Crippen LogP contribution in [-0.4, -0.2) is 43.3 Å². The van der Waals surface area contributed by atoms with Gasteiger partial charge in [-0.2, -0.15) is 0 Å². The third-order valence-electron chi connectivity index (χ3n) is 4.81. The molecule has 1 fully saturated rings. The number of nitrogens with one attached hydrogen (secondary N) is 1. The molecule has 0 bridgehead atoms. The molecular formula is C18H20FN3O3S. The van der Waals surface area contributed by atoms with Crippen LogP contribution in [0.5, 0.6) is 0 Å². The van der Waals surface area contributed by atoms with Crippen LogP contribution in [0.3, 0.4) is 0 Å². The number of piperazine rings is 1. The van der Waals surface area contributed by atoms with Crippen LogP contribution < -0.4 is 15.6 Å². The Hall–Kier alpha value is -2.06. The Morgan fingerprint density at radius 3 is 2.77 bits per heavy atom. The van der Waals surface area contributed by atoms with E-state index >= 15 is 0 Å². The fourth-order valence-corrected chi connectivity index (χ4v) is 4.72. The number of ether oxygens (including phenoxy) is 1. The van der Waals surface area contributed by atoms with Crippen LogP contribution >= 0.6 is 11.8 Å². The topological polar surface area (TPSA) is 63.6 Å². The van der Waals surface area contributed by atoms with Gasteiger partial charge in [0, 0.05) is 31.6 Å². The molecule has 0 radical (unpaired) electrons. The maximum Gasteiger partial charge on any atom is 0.344 e. The molecule has 0 saturated carbocycles. The number of pyridine rings is 1. The maximum absolute atomic E-state index is 14.8. The Bertz CT molecular complexity index is 953. The molecule has 2 aromatic rings. The Morgan fingerprint density at radius 2 is 2.12 bits per heavy atom. The van der Waals surface area contributed by atoms with E-state index in [1.165, 1.54) is 17.8 Å². The smallest absolute Gasteiger partial charge is 0.344 e. The standard InChI is InChI=1S/C18H20FN3O3S/c1-3-25-18(24)15-16(23)11-8-12(19)14(21-6-4-20-5-7-21)9-13(11)22-10(2)26-17(15)22/h8-10,20H,3-7H2,1-2H3/t10-/m1/s1. The van der Waals surface area contributed by atoms with Gasteiger partial charge in [-0.1, -0.05) is 11.8 Å². The zero-order valence-electron chi connectivity index (χ0n) is 14.7. The van der Waals surface area contributed by atoms with E-state index in [0.29, 0.717) is 29.3 Å². The number of aromatic nitrogens is 1. The molecule has 1 saturated heterocycles. The van der Waals surface area contributed by atoms with Crippen LogP contribution in [0.2, 0.25) is 0 Å². The quantitative estimate of drug-likeness (QED) is 0.829. The molecule has 0 aliphatic carbocycles. The van der Waals surface area contributed by atoms with Gasteiger partial charge in [0.15, 0.2) is 0 Å². The van der Waals surface area contributed by atoms with E-state index in [1.807, 2.05) is 16.4 Å². The second-order valence-corrected chi connectivity index (χ2v) is 7.68. The summed E-state index contributed by atoms with van der Waals surface area (Å²) in [4.78, 5) is 27.1. The highest BCUT2D eigenvalue weighted by atomic mass is 32.2. The van der Waals surface area contributed by atoms with E-state index in [0.717, 1.165) is 13.1 Å². The van der Waals surface area contributed by atoms with Crippen LogP contribution in [0, 0.1) is 5.82 Å². The Morgan fingerprint density at radius 1 is 1.38 bits per heavy atom. The summed E-state index contributed by atoms with van der Waals surface area (Å²) in [6, 6.07) is 3.01. The first-order valence-electron chi connectivity index (χ1n) is 8.74. The van der Waals surface area contributed by atoms with Crippen LogP contribution in [0.1, 0.15) is 29.6 Å². The molecule has 1 aromatic heterocycles. The molecule has 1 aromatic carbocycles. The molecule has 0 unspecified atom stereocenters. The van der Waals surface area contributed by atoms with Crippen molar-refractivity contribution >= 4 is 34.3 Å². The number of nitrogens with zero attached hydrogens (tertiary/aromatic N) is 2. The van der Waals surface area contributed by atoms with Crippen molar-refractivity contribution < 1.29 is 13.9 Å². The van der Waals surface area contributed by atoms with E-state index in [1.54, 1.807) is 13.0 Å². The monoisotopic (exact) mass is 377 g/mol. The molecule has 1 atom stereocenters. The van der Waals surface area contributed by atoms with Crippen LogP contribution in [-0.2, 0) is 4.74 Å². The first kappa shape index (κ1) is 17.4. The van der Waals surface area contributed by atoms with Gasteiger partial charge < -0.3 is 19.5 Å². The third kappa shape index (κ3) is 2.59. The minimum atomic E-state index is -0.644. The van der Waals surface area contributed by atoms with Gasteiger partial charge >= 0.3 is 5.97 Å². The molecule has 2 aliphatic heterocycles. The predicted octanol–water partition coefficient (Wildman–Crippen LogP) is 2.35. The van der Waals surface area contributed by atoms with Crippen molar-refractivity contribution in [1.29, 1.82) is 0 Å². The summed E-state index contributed by atoms with van der Waals surface area (Å²) < 4.78 is 21.7. The number of rotatable bonds is 3. The lowest BCUT2D eigenvalue weighted by Crippen LogP contribution is -2.44. The van der Waals surface area contributed by atoms with E-state index < -0.39 is 17.2 Å². The van der Waals surface area contributed by atoms with Crippen molar-refractivity contribution in [3.8, 4) is 0 Å². The molecule has 1 N–H and O–H groups in total. The number of carbonyl (C=O) groups excluding carboxylic acids is 1. The zero-order chi connectivity index (χ0) is 18.4. The lowest BCUT2D eigenvalue weighted by Gasteiger charge is -2.34. The van der Waals surface area contributed by atoms with Crippen molar-refractivity contribution in [2.45, 2.75) is 24.2 Å². The summed E-state index contributed by atoms with van der Waals surface area (Å²) in [6.07, 6.45) is 0. The van der Waals surface area contributed by atoms with Crippen molar-refractivity contribution in [2.24, 2.45) is 0 Å². The summed E-state index contributed by atoms with van der Waals surface area (Å²) in [5.74, 6) is -1.08. The number of benzene rings is 1. The minimum absolute atomic E-state index is 0.0109. The highest BCUT2D eigenvalue weighted by Gasteiger charge is 2.34. The highest BCUT2D eigenvalue weighted by molar-refractivity contribution is 8.00. The van der Waals surface area contributed by atoms with Crippen LogP contribution in [0.15, 0.2) is 22.0 Å². The molecule has 0 amide bonds. The third-order valence-corrected chi connectivity index (χ3v) is 5.99. The summed E-state index contributed by atoms with van der Waals surface area (Å²) in [5, 5.41) is 4.14. The number of carbonyl (C=O) groups is 1. The second kappa shape index (κ2) is 6.59. The van der Waals surface area contributed by atoms with Crippen molar-refractivity contribution in [1.82, 2.24) is 9.88 Å². The summed E-state index contributed by atoms with van der Waals surface area (Å²) in [7, 11) is 0. The van der Waals surface area contributed by atoms with Gasteiger partial charge in [0.2, 0.25) is 5.43 Å². The number of anilines is 1. The molecule has 6 nitrogen and oxygen atoms in total. The Labute approximate surface area is 154 Å². The SMILES string of the molecule is CCOC(=O)c1c2n(c3cc(N4CCNCC4)c(F)cc3c1=O)[C@@H](C)S2. The number of thioether (sulfide) groups is 1. The second-order valence-electron chi connectivity index (χ2n) is 6.37. The molecule has 138 valence electrons. The summed E-state index contributed by atoms with van der Waals surface area (Å²) in [5.41, 5.74) is 0.715. The Kier molecular flexibility index (Phi) is 4.40. The van der Waals surface area contributed by atoms with Crippen molar-refractivity contribution in [3.63, 3.8) is 0 Å². The molecule has 3 heterocycles. The number of fused-ring (bicyclic) bond motifs is 3. The minimum Gasteiger partial charge on any atom is -0.462 e. The average Bonchev–Trinajstić information content (AvgIpc) is 2.62. The largest absolute Gasteiger partial charge is 0.462 e. The van der Waals surface area contributed by atoms with Crippen molar-refractivity contribution in [2.75, 3.05) is 37.7 Å². The van der Waals surface area contributed by atoms with Gasteiger partial charge in [-0.15, -0.1) is 0 Å². The molecule has 4 rings (SSSR count). The van der Waals surface area contributed by atoms with Gasteiger partial charge in [-0.05, 0) is 26.0 Å². The molecule has 0 spiro atoms. The number of halogens is 1. The van der Waals surface area contributed by atoms with E-state index in [9.17, 15) is 14.0 Å². The van der Waals surface area contributed by atoms with Gasteiger partial charge in [0.05, 0.1) is 28.2 Å².